The Labute approximate surface area is 167 Å². The van der Waals surface area contributed by atoms with E-state index in [4.69, 9.17) is 9.47 Å². The Balaban J connectivity index is 1.94. The van der Waals surface area contributed by atoms with Gasteiger partial charge in [0.15, 0.2) is 11.5 Å². The van der Waals surface area contributed by atoms with E-state index in [1.54, 1.807) is 6.21 Å². The van der Waals surface area contributed by atoms with Gasteiger partial charge in [-0.2, -0.15) is 5.10 Å². The van der Waals surface area contributed by atoms with Crippen molar-refractivity contribution >= 4 is 12.1 Å². The fourth-order valence-corrected chi connectivity index (χ4v) is 2.67. The fourth-order valence-electron chi connectivity index (χ4n) is 2.67. The molecule has 0 atom stereocenters. The molecule has 0 aromatic heterocycles. The van der Waals surface area contributed by atoms with Crippen LogP contribution in [-0.2, 0) is 16.6 Å². The van der Waals surface area contributed by atoms with Crippen LogP contribution in [0, 0.1) is 0 Å². The molecule has 1 N–H and O–H groups in total. The van der Waals surface area contributed by atoms with Crippen LogP contribution in [0.3, 0.4) is 0 Å². The van der Waals surface area contributed by atoms with E-state index in [-0.39, 0.29) is 17.7 Å². The molecule has 5 heteroatoms. The molecular formula is C23H30N2O3. The van der Waals surface area contributed by atoms with Crippen LogP contribution in [0.4, 0.5) is 0 Å². The minimum atomic E-state index is -0.157. The molecule has 150 valence electrons. The second-order valence-corrected chi connectivity index (χ2v) is 7.49. The number of benzene rings is 2. The highest BCUT2D eigenvalue weighted by atomic mass is 16.5. The molecule has 0 bridgehead atoms. The van der Waals surface area contributed by atoms with Crippen molar-refractivity contribution in [2.75, 3.05) is 13.2 Å². The van der Waals surface area contributed by atoms with E-state index in [1.807, 2.05) is 44.2 Å². The van der Waals surface area contributed by atoms with Gasteiger partial charge in [-0.25, -0.2) is 5.43 Å². The van der Waals surface area contributed by atoms with E-state index in [0.717, 1.165) is 11.1 Å². The van der Waals surface area contributed by atoms with Gasteiger partial charge in [0.2, 0.25) is 5.91 Å². The molecule has 0 aliphatic heterocycles. The van der Waals surface area contributed by atoms with Gasteiger partial charge in [-0.15, -0.1) is 0 Å². The number of nitrogens with zero attached hydrogens (tertiary/aromatic N) is 1. The van der Waals surface area contributed by atoms with Crippen molar-refractivity contribution < 1.29 is 14.3 Å². The van der Waals surface area contributed by atoms with Crippen molar-refractivity contribution in [3.05, 3.63) is 59.2 Å². The summed E-state index contributed by atoms with van der Waals surface area (Å²) in [5.74, 6) is 1.21. The number of carbonyl (C=O) groups excluding carboxylic acids is 1. The highest BCUT2D eigenvalue weighted by molar-refractivity contribution is 5.84. The molecule has 0 saturated carbocycles. The average molecular weight is 383 g/mol. The van der Waals surface area contributed by atoms with Crippen molar-refractivity contribution in [2.24, 2.45) is 5.10 Å². The summed E-state index contributed by atoms with van der Waals surface area (Å²) in [6.07, 6.45) is 1.88. The Morgan fingerprint density at radius 1 is 1.00 bits per heavy atom. The molecule has 2 rings (SSSR count). The van der Waals surface area contributed by atoms with Crippen LogP contribution in [0.5, 0.6) is 11.5 Å². The predicted molar refractivity (Wildman–Crippen MR) is 113 cm³/mol. The van der Waals surface area contributed by atoms with Crippen molar-refractivity contribution in [1.82, 2.24) is 5.43 Å². The maximum atomic E-state index is 12.1. The van der Waals surface area contributed by atoms with Crippen LogP contribution < -0.4 is 14.9 Å². The summed E-state index contributed by atoms with van der Waals surface area (Å²) in [6, 6.07) is 13.7. The molecule has 0 spiro atoms. The normalized spacial score (nSPS) is 11.5. The summed E-state index contributed by atoms with van der Waals surface area (Å²) in [5.41, 5.74) is 5.70. The zero-order valence-corrected chi connectivity index (χ0v) is 17.4. The molecule has 0 saturated heterocycles. The van der Waals surface area contributed by atoms with Crippen molar-refractivity contribution in [2.45, 2.75) is 46.5 Å². The van der Waals surface area contributed by atoms with E-state index in [2.05, 4.69) is 43.4 Å². The van der Waals surface area contributed by atoms with Gasteiger partial charge in [0.05, 0.1) is 25.8 Å². The Hall–Kier alpha value is -2.82. The van der Waals surface area contributed by atoms with E-state index in [0.29, 0.717) is 24.7 Å². The summed E-state index contributed by atoms with van der Waals surface area (Å²) in [5, 5.41) is 4.05. The second-order valence-electron chi connectivity index (χ2n) is 7.49. The highest BCUT2D eigenvalue weighted by Crippen LogP contribution is 2.28. The van der Waals surface area contributed by atoms with Gasteiger partial charge in [-0.1, -0.05) is 45.0 Å². The number of hydrazone groups is 1. The van der Waals surface area contributed by atoms with Crippen LogP contribution in [-0.4, -0.2) is 25.3 Å². The number of ether oxygens (including phenoxy) is 2. The SMILES string of the molecule is CCOc1ccc(/C=N\NC(=O)Cc2ccc(C(C)(C)C)cc2)cc1OCC. The van der Waals surface area contributed by atoms with Gasteiger partial charge < -0.3 is 9.47 Å². The van der Waals surface area contributed by atoms with Gasteiger partial charge in [0, 0.05) is 0 Å². The quantitative estimate of drug-likeness (QED) is 0.541. The molecule has 0 heterocycles. The molecule has 0 unspecified atom stereocenters. The molecule has 1 amide bonds. The number of carbonyl (C=O) groups is 1. The lowest BCUT2D eigenvalue weighted by molar-refractivity contribution is -0.120. The van der Waals surface area contributed by atoms with Crippen molar-refractivity contribution in [1.29, 1.82) is 0 Å². The lowest BCUT2D eigenvalue weighted by Gasteiger charge is -2.19. The second kappa shape index (κ2) is 9.93. The molecule has 2 aromatic rings. The van der Waals surface area contributed by atoms with Crippen LogP contribution in [0.25, 0.3) is 0 Å². The largest absolute Gasteiger partial charge is 0.490 e. The van der Waals surface area contributed by atoms with E-state index in [1.165, 1.54) is 5.56 Å². The predicted octanol–water partition coefficient (Wildman–Crippen LogP) is 4.47. The topological polar surface area (TPSA) is 59.9 Å². The zero-order chi connectivity index (χ0) is 20.6. The third-order valence-electron chi connectivity index (χ3n) is 4.15. The van der Waals surface area contributed by atoms with Crippen LogP contribution >= 0.6 is 0 Å². The Morgan fingerprint density at radius 2 is 1.64 bits per heavy atom. The first kappa shape index (κ1) is 21.5. The third kappa shape index (κ3) is 6.41. The molecule has 0 radical (unpaired) electrons. The van der Waals surface area contributed by atoms with Gasteiger partial charge in [0.25, 0.3) is 0 Å². The smallest absolute Gasteiger partial charge is 0.244 e. The Bertz CT molecular complexity index is 806. The summed E-state index contributed by atoms with van der Waals surface area (Å²) >= 11 is 0. The summed E-state index contributed by atoms with van der Waals surface area (Å²) in [7, 11) is 0. The average Bonchev–Trinajstić information content (AvgIpc) is 2.64. The van der Waals surface area contributed by atoms with Gasteiger partial charge >= 0.3 is 0 Å². The van der Waals surface area contributed by atoms with Crippen molar-refractivity contribution in [3.63, 3.8) is 0 Å². The zero-order valence-electron chi connectivity index (χ0n) is 17.4. The maximum Gasteiger partial charge on any atom is 0.244 e. The number of nitrogens with one attached hydrogen (secondary N) is 1. The molecule has 0 fully saturated rings. The van der Waals surface area contributed by atoms with Crippen LogP contribution in [0.1, 0.15) is 51.3 Å². The number of amides is 1. The van der Waals surface area contributed by atoms with Crippen LogP contribution in [0.2, 0.25) is 0 Å². The van der Waals surface area contributed by atoms with E-state index >= 15 is 0 Å². The lowest BCUT2D eigenvalue weighted by atomic mass is 9.86. The molecule has 0 aliphatic carbocycles. The Kier molecular flexibility index (Phi) is 7.61. The molecule has 0 aliphatic rings. The van der Waals surface area contributed by atoms with Crippen LogP contribution in [0.15, 0.2) is 47.6 Å². The third-order valence-corrected chi connectivity index (χ3v) is 4.15. The maximum absolute atomic E-state index is 12.1. The first-order valence-electron chi connectivity index (χ1n) is 9.64. The number of hydrogen-bond acceptors (Lipinski definition) is 4. The molecule has 28 heavy (non-hydrogen) atoms. The van der Waals surface area contributed by atoms with Gasteiger partial charge in [0.1, 0.15) is 0 Å². The summed E-state index contributed by atoms with van der Waals surface area (Å²) in [6.45, 7) is 11.5. The van der Waals surface area contributed by atoms with Gasteiger partial charge in [-0.3, -0.25) is 4.79 Å². The molecule has 2 aromatic carbocycles. The first-order chi connectivity index (χ1) is 13.3. The highest BCUT2D eigenvalue weighted by Gasteiger charge is 2.13. The Morgan fingerprint density at radius 3 is 2.25 bits per heavy atom. The minimum absolute atomic E-state index is 0.100. The van der Waals surface area contributed by atoms with Crippen molar-refractivity contribution in [3.8, 4) is 11.5 Å². The van der Waals surface area contributed by atoms with Gasteiger partial charge in [-0.05, 0) is 54.2 Å². The van der Waals surface area contributed by atoms with E-state index in [9.17, 15) is 4.79 Å². The molecule has 5 nitrogen and oxygen atoms in total. The first-order valence-corrected chi connectivity index (χ1v) is 9.64. The monoisotopic (exact) mass is 382 g/mol. The fraction of sp³-hybridized carbons (Fsp3) is 0.391. The molecular weight excluding hydrogens is 352 g/mol. The summed E-state index contributed by atoms with van der Waals surface area (Å²) < 4.78 is 11.1. The minimum Gasteiger partial charge on any atom is -0.490 e. The lowest BCUT2D eigenvalue weighted by Crippen LogP contribution is -2.20. The standard InChI is InChI=1S/C23H30N2O3/c1-6-27-20-13-10-18(14-21(20)28-7-2)16-24-25-22(26)15-17-8-11-19(12-9-17)23(3,4)5/h8-14,16H,6-7,15H2,1-5H3,(H,25,26)/b24-16-. The number of hydrogen-bond donors (Lipinski definition) is 1. The van der Waals surface area contributed by atoms with E-state index < -0.39 is 0 Å². The number of rotatable bonds is 8. The summed E-state index contributed by atoms with van der Waals surface area (Å²) in [4.78, 5) is 12.1.